The van der Waals surface area contributed by atoms with E-state index >= 15 is 0 Å². The van der Waals surface area contributed by atoms with Gasteiger partial charge >= 0.3 is 12.1 Å². The van der Waals surface area contributed by atoms with Crippen LogP contribution in [0.2, 0.25) is 0 Å². The average molecular weight is 854 g/mol. The molecule has 0 saturated carbocycles. The van der Waals surface area contributed by atoms with Gasteiger partial charge in [-0.15, -0.1) is 0 Å². The van der Waals surface area contributed by atoms with E-state index in [4.69, 9.17) is 28.4 Å². The van der Waals surface area contributed by atoms with E-state index in [9.17, 15) is 24.3 Å². The second-order valence-corrected chi connectivity index (χ2v) is 17.5. The fourth-order valence-electron chi connectivity index (χ4n) is 9.63. The summed E-state index contributed by atoms with van der Waals surface area (Å²) in [5.41, 5.74) is -1.43. The van der Waals surface area contributed by atoms with E-state index in [2.05, 4.69) is 16.5 Å². The van der Waals surface area contributed by atoms with Gasteiger partial charge in [0.2, 0.25) is 0 Å². The van der Waals surface area contributed by atoms with Gasteiger partial charge in [-0.05, 0) is 79.1 Å². The number of aliphatic hydroxyl groups excluding tert-OH is 1. The van der Waals surface area contributed by atoms with Crippen molar-refractivity contribution in [3.8, 4) is 17.0 Å². The minimum absolute atomic E-state index is 0.0981. The molecule has 3 aliphatic heterocycles. The third-order valence-corrected chi connectivity index (χ3v) is 13.2. The molecular weight excluding hydrogens is 787 g/mol. The molecule has 0 radical (unpaired) electrons. The van der Waals surface area contributed by atoms with E-state index in [1.54, 1.807) is 71.4 Å². The topological polar surface area (TPSA) is 181 Å². The fraction of sp³-hybridized carbons (Fsp3) is 0.689. The maximum absolute atomic E-state index is 14.8. The number of aryl methyl sites for hydroxylation is 1. The molecule has 0 spiro atoms. The van der Waals surface area contributed by atoms with Crippen molar-refractivity contribution >= 4 is 23.6 Å². The van der Waals surface area contributed by atoms with Crippen LogP contribution < -0.4 is 4.74 Å². The fourth-order valence-corrected chi connectivity index (χ4v) is 9.63. The molecule has 1 N–H and O–H groups in total. The lowest BCUT2D eigenvalue weighted by molar-refractivity contribution is -0.295. The molecule has 2 aromatic rings. The number of rotatable bonds is 13. The Bertz CT molecular complexity index is 1870. The summed E-state index contributed by atoms with van der Waals surface area (Å²) in [4.78, 5) is 69.5. The van der Waals surface area contributed by atoms with Crippen molar-refractivity contribution in [2.45, 2.75) is 141 Å². The Labute approximate surface area is 360 Å². The number of fused-ring (bicyclic) bond motifs is 1. The van der Waals surface area contributed by atoms with Gasteiger partial charge in [0, 0.05) is 62.6 Å². The summed E-state index contributed by atoms with van der Waals surface area (Å²) >= 11 is 0. The van der Waals surface area contributed by atoms with Gasteiger partial charge in [0.05, 0.1) is 48.5 Å². The number of esters is 1. The number of cyclic esters (lactones) is 1. The number of carbonyl (C=O) groups is 4. The zero-order valence-electron chi connectivity index (χ0n) is 37.7. The van der Waals surface area contributed by atoms with Gasteiger partial charge in [-0.2, -0.15) is 0 Å². The highest BCUT2D eigenvalue weighted by Gasteiger charge is 2.61. The summed E-state index contributed by atoms with van der Waals surface area (Å²) in [6, 6.07) is 0.572. The maximum Gasteiger partial charge on any atom is 0.411 e. The minimum Gasteiger partial charge on any atom is -0.496 e. The van der Waals surface area contributed by atoms with Crippen LogP contribution in [-0.4, -0.2) is 142 Å². The lowest BCUT2D eigenvalue weighted by Crippen LogP contribution is -2.60. The first-order valence-corrected chi connectivity index (χ1v) is 21.5. The zero-order valence-corrected chi connectivity index (χ0v) is 37.7. The maximum atomic E-state index is 14.8. The van der Waals surface area contributed by atoms with Crippen molar-refractivity contribution in [2.75, 3.05) is 34.9 Å². The highest BCUT2D eigenvalue weighted by molar-refractivity contribution is 6.00. The predicted molar refractivity (Wildman–Crippen MR) is 225 cm³/mol. The van der Waals surface area contributed by atoms with E-state index in [0.717, 1.165) is 5.56 Å². The first-order valence-electron chi connectivity index (χ1n) is 21.5. The third-order valence-electron chi connectivity index (χ3n) is 13.2. The van der Waals surface area contributed by atoms with Crippen molar-refractivity contribution in [2.24, 2.45) is 23.7 Å². The van der Waals surface area contributed by atoms with Gasteiger partial charge in [-0.25, -0.2) is 9.78 Å². The van der Waals surface area contributed by atoms with Crippen LogP contribution in [0.3, 0.4) is 0 Å². The summed E-state index contributed by atoms with van der Waals surface area (Å²) in [5.74, 6) is -4.60. The Kier molecular flexibility index (Phi) is 15.6. The molecule has 0 aliphatic carbocycles. The summed E-state index contributed by atoms with van der Waals surface area (Å²) in [6.07, 6.45) is 5.24. The summed E-state index contributed by atoms with van der Waals surface area (Å²) < 4.78 is 38.7. The van der Waals surface area contributed by atoms with Crippen molar-refractivity contribution in [3.63, 3.8) is 0 Å². The van der Waals surface area contributed by atoms with Gasteiger partial charge in [-0.1, -0.05) is 34.3 Å². The highest BCUT2D eigenvalue weighted by atomic mass is 16.7. The molecular formula is C45H67N5O11. The van der Waals surface area contributed by atoms with Crippen molar-refractivity contribution in [1.29, 1.82) is 0 Å². The molecule has 3 aliphatic rings. The summed E-state index contributed by atoms with van der Waals surface area (Å²) in [6.45, 7) is 17.0. The van der Waals surface area contributed by atoms with Crippen molar-refractivity contribution in [1.82, 2.24) is 24.3 Å². The largest absolute Gasteiger partial charge is 0.496 e. The van der Waals surface area contributed by atoms with E-state index in [1.165, 1.54) is 20.1 Å². The number of nitrogens with zero attached hydrogens (tertiary/aromatic N) is 5. The number of ether oxygens (including phenoxy) is 6. The number of imidazole rings is 1. The van der Waals surface area contributed by atoms with Gasteiger partial charge in [0.1, 0.15) is 29.7 Å². The van der Waals surface area contributed by atoms with Crippen LogP contribution in [0.25, 0.3) is 11.3 Å². The smallest absolute Gasteiger partial charge is 0.411 e. The Balaban J connectivity index is 1.45. The summed E-state index contributed by atoms with van der Waals surface area (Å²) in [7, 11) is 6.81. The number of likely N-dealkylation sites (N-methyl/N-ethyl adjacent to an activating group) is 1. The highest BCUT2D eigenvalue weighted by Crippen LogP contribution is 2.44. The average Bonchev–Trinajstić information content (AvgIpc) is 3.84. The molecule has 3 fully saturated rings. The Morgan fingerprint density at radius 3 is 2.39 bits per heavy atom. The molecule has 16 nitrogen and oxygen atoms in total. The molecule has 5 heterocycles. The molecule has 5 rings (SSSR count). The molecule has 16 heteroatoms. The first-order chi connectivity index (χ1) is 28.9. The number of methoxy groups -OCH3 is 2. The molecule has 1 unspecified atom stereocenters. The first kappa shape index (κ1) is 47.8. The Hall–Kier alpha value is -4.22. The number of amides is 1. The standard InChI is InChI=1S/C45H67N5O11/c1-13-35-45(14-2)39(50(43(55)61-45)20-16-15-19-49-24-32(47-25-49)31-23-46-18-17-34(31)56-11)28(5)36(51)26(3)22-44(8,57-12)40(29(6)37(52)30(7)41(54)59-35)60-42-38(53)33(48(9)10)21-27(4)58-42/h14,17-18,23-30,33,35,38-40,42,53H,2,13,15-16,19-22H2,1,3-12H3/t26-,27-,28+,29+,30-,33+,35-,38-,39-,40-,42?,44+,45-/m1/s1. The van der Waals surface area contributed by atoms with E-state index < -0.39 is 83.4 Å². The molecule has 61 heavy (non-hydrogen) atoms. The van der Waals surface area contributed by atoms with Gasteiger partial charge in [-0.3, -0.25) is 24.3 Å². The monoisotopic (exact) mass is 853 g/mol. The normalized spacial score (nSPS) is 35.4. The molecule has 2 aromatic heterocycles. The number of carbonyl (C=O) groups excluding carboxylic acids is 4. The van der Waals surface area contributed by atoms with Crippen molar-refractivity contribution in [3.05, 3.63) is 43.6 Å². The molecule has 0 aromatic carbocycles. The second-order valence-electron chi connectivity index (χ2n) is 17.5. The van der Waals surface area contributed by atoms with Crippen LogP contribution in [0, 0.1) is 23.7 Å². The van der Waals surface area contributed by atoms with Crippen LogP contribution in [0.5, 0.6) is 5.75 Å². The Morgan fingerprint density at radius 1 is 1.05 bits per heavy atom. The van der Waals surface area contributed by atoms with Crippen LogP contribution in [0.15, 0.2) is 43.6 Å². The number of hydrogen-bond donors (Lipinski definition) is 1. The van der Waals surface area contributed by atoms with Gasteiger partial charge < -0.3 is 43.0 Å². The number of pyridine rings is 1. The van der Waals surface area contributed by atoms with Crippen LogP contribution in [0.1, 0.15) is 80.6 Å². The number of ketones is 2. The van der Waals surface area contributed by atoms with Crippen LogP contribution >= 0.6 is 0 Å². The number of unbranched alkanes of at least 4 members (excludes halogenated alkanes) is 1. The molecule has 3 saturated heterocycles. The van der Waals surface area contributed by atoms with Gasteiger partial charge in [0.15, 0.2) is 17.7 Å². The van der Waals surface area contributed by atoms with E-state index in [-0.39, 0.29) is 37.3 Å². The zero-order chi connectivity index (χ0) is 45.0. The lowest BCUT2D eigenvalue weighted by Gasteiger charge is -2.47. The number of Topliss-reactive ketones (excluding diaryl/α,β-unsaturated/α-hetero) is 2. The molecule has 338 valence electrons. The minimum atomic E-state index is -1.61. The predicted octanol–water partition coefficient (Wildman–Crippen LogP) is 5.10. The molecule has 0 bridgehead atoms. The number of hydrogen-bond acceptors (Lipinski definition) is 14. The number of aromatic nitrogens is 3. The third kappa shape index (κ3) is 9.73. The molecule has 1 amide bonds. The quantitative estimate of drug-likeness (QED) is 0.122. The second kappa shape index (κ2) is 19.9. The van der Waals surface area contributed by atoms with Crippen molar-refractivity contribution < 1.29 is 52.7 Å². The number of aliphatic hydroxyl groups is 1. The SMILES string of the molecule is C=C[C@]12OC(=O)N(CCCCn3cnc(-c4cnccc4OC)c3)[C@@H]1[C@@H](C)C(=O)[C@H](C)C[C@](C)(OC)[C@H](OC1O[C@H](C)C[C@H](N(C)C)[C@H]1O)[C@@H](C)C(=O)[C@@H](C)C(=O)O[C@@H]2CC. The Morgan fingerprint density at radius 2 is 1.75 bits per heavy atom. The van der Waals surface area contributed by atoms with E-state index in [0.29, 0.717) is 37.3 Å². The molecule has 13 atom stereocenters. The van der Waals surface area contributed by atoms with Crippen LogP contribution in [0.4, 0.5) is 4.79 Å². The lowest BCUT2D eigenvalue weighted by atomic mass is 9.72. The van der Waals surface area contributed by atoms with Crippen LogP contribution in [-0.2, 0) is 44.6 Å². The van der Waals surface area contributed by atoms with Gasteiger partial charge in [0.25, 0.3) is 0 Å². The summed E-state index contributed by atoms with van der Waals surface area (Å²) in [5, 5.41) is 11.5. The van der Waals surface area contributed by atoms with E-state index in [1.807, 2.05) is 36.7 Å².